The van der Waals surface area contributed by atoms with E-state index in [4.69, 9.17) is 16.2 Å². The molecule has 2 aliphatic rings. The summed E-state index contributed by atoms with van der Waals surface area (Å²) in [7, 11) is 0. The largest absolute Gasteiger partial charge is 0.450 e. The molecule has 1 spiro atoms. The van der Waals surface area contributed by atoms with Gasteiger partial charge in [-0.2, -0.15) is 18.2 Å². The fraction of sp³-hybridized carbons (Fsp3) is 0.333. The second-order valence-electron chi connectivity index (χ2n) is 7.92. The molecule has 0 bridgehead atoms. The molecule has 0 amide bonds. The highest BCUT2D eigenvalue weighted by atomic mass is 79.9. The minimum absolute atomic E-state index is 0.0410. The van der Waals surface area contributed by atoms with Gasteiger partial charge in [-0.15, -0.1) is 0 Å². The molecule has 2 aromatic rings. The van der Waals surface area contributed by atoms with Crippen molar-refractivity contribution in [1.82, 2.24) is 0 Å². The number of ether oxygens (including phenoxy) is 1. The van der Waals surface area contributed by atoms with E-state index >= 15 is 4.39 Å². The molecule has 182 valence electrons. The molecular formula is C21H18BrF6N5O. The van der Waals surface area contributed by atoms with Gasteiger partial charge in [0.15, 0.2) is 17.4 Å². The normalized spacial score (nSPS) is 18.0. The van der Waals surface area contributed by atoms with Crippen LogP contribution in [-0.2, 0) is 6.18 Å². The van der Waals surface area contributed by atoms with Gasteiger partial charge in [0.1, 0.15) is 17.2 Å². The Morgan fingerprint density at radius 3 is 2.15 bits per heavy atom. The minimum Gasteiger partial charge on any atom is -0.450 e. The molecule has 0 radical (unpaired) electrons. The van der Waals surface area contributed by atoms with E-state index in [-0.39, 0.29) is 40.0 Å². The Morgan fingerprint density at radius 1 is 0.941 bits per heavy atom. The van der Waals surface area contributed by atoms with Crippen LogP contribution < -0.4 is 21.1 Å². The maximum Gasteiger partial charge on any atom is 0.416 e. The first-order valence-corrected chi connectivity index (χ1v) is 10.9. The first-order valence-electron chi connectivity index (χ1n) is 10.1. The van der Waals surface area contributed by atoms with Crippen molar-refractivity contribution in [3.8, 4) is 11.5 Å². The van der Waals surface area contributed by atoms with Crippen LogP contribution in [0.1, 0.15) is 37.7 Å². The van der Waals surface area contributed by atoms with Gasteiger partial charge in [-0.05, 0) is 59.8 Å². The topological polar surface area (TPSA) is 89.2 Å². The van der Waals surface area contributed by atoms with Crippen LogP contribution >= 0.6 is 15.9 Å². The molecule has 0 unspecified atom stereocenters. The summed E-state index contributed by atoms with van der Waals surface area (Å²) >= 11 is 3.05. The molecule has 1 aliphatic carbocycles. The zero-order valence-electron chi connectivity index (χ0n) is 17.4. The van der Waals surface area contributed by atoms with Crippen LogP contribution in [0.25, 0.3) is 0 Å². The van der Waals surface area contributed by atoms with Crippen LogP contribution in [0.2, 0.25) is 0 Å². The Kier molecular flexibility index (Phi) is 6.17. The fourth-order valence-corrected chi connectivity index (χ4v) is 4.57. The molecule has 0 aromatic heterocycles. The molecule has 13 heteroatoms. The van der Waals surface area contributed by atoms with Crippen molar-refractivity contribution < 1.29 is 31.1 Å². The van der Waals surface area contributed by atoms with Crippen LogP contribution in [0.5, 0.6) is 11.5 Å². The summed E-state index contributed by atoms with van der Waals surface area (Å²) in [6.07, 6.45) is -1.49. The molecule has 1 aliphatic heterocycles. The molecule has 1 saturated carbocycles. The lowest BCUT2D eigenvalue weighted by atomic mass is 9.87. The molecule has 1 fully saturated rings. The van der Waals surface area contributed by atoms with Gasteiger partial charge >= 0.3 is 6.18 Å². The number of rotatable bonds is 3. The Labute approximate surface area is 198 Å². The van der Waals surface area contributed by atoms with E-state index in [9.17, 15) is 22.0 Å². The highest BCUT2D eigenvalue weighted by molar-refractivity contribution is 9.10. The maximum atomic E-state index is 15.1. The van der Waals surface area contributed by atoms with Crippen LogP contribution in [0, 0.1) is 17.5 Å². The van der Waals surface area contributed by atoms with E-state index in [1.165, 1.54) is 4.90 Å². The highest BCUT2D eigenvalue weighted by Crippen LogP contribution is 2.44. The van der Waals surface area contributed by atoms with E-state index < -0.39 is 40.6 Å². The molecule has 34 heavy (non-hydrogen) atoms. The quantitative estimate of drug-likeness (QED) is 0.474. The number of hydrogen-bond donors (Lipinski definition) is 2. The number of hydrogen-bond acceptors (Lipinski definition) is 6. The second-order valence-corrected chi connectivity index (χ2v) is 8.78. The molecule has 4 rings (SSSR count). The summed E-state index contributed by atoms with van der Waals surface area (Å²) < 4.78 is 87.5. The Balaban J connectivity index is 1.78. The third kappa shape index (κ3) is 4.40. The fourth-order valence-electron chi connectivity index (χ4n) is 4.17. The zero-order chi connectivity index (χ0) is 24.8. The van der Waals surface area contributed by atoms with Gasteiger partial charge in [-0.1, -0.05) is 6.42 Å². The van der Waals surface area contributed by atoms with Gasteiger partial charge < -0.3 is 16.2 Å². The van der Waals surface area contributed by atoms with Crippen molar-refractivity contribution >= 4 is 33.5 Å². The molecular weight excluding hydrogens is 532 g/mol. The van der Waals surface area contributed by atoms with Crippen molar-refractivity contribution in [3.05, 3.63) is 51.8 Å². The van der Waals surface area contributed by atoms with E-state index in [2.05, 4.69) is 25.9 Å². The predicted octanol–water partition coefficient (Wildman–Crippen LogP) is 5.79. The Morgan fingerprint density at radius 2 is 1.56 bits per heavy atom. The summed E-state index contributed by atoms with van der Waals surface area (Å²) in [5.74, 6) is -5.47. The number of halogens is 7. The van der Waals surface area contributed by atoms with Crippen molar-refractivity contribution in [1.29, 1.82) is 0 Å². The van der Waals surface area contributed by atoms with Crippen LogP contribution in [0.3, 0.4) is 0 Å². The number of nitrogens with two attached hydrogens (primary N) is 2. The van der Waals surface area contributed by atoms with Gasteiger partial charge in [0, 0.05) is 6.07 Å². The van der Waals surface area contributed by atoms with Crippen molar-refractivity contribution in [3.63, 3.8) is 0 Å². The van der Waals surface area contributed by atoms with E-state index in [0.29, 0.717) is 12.8 Å². The first-order chi connectivity index (χ1) is 15.9. The SMILES string of the molecule is NC1=NC2(CCCCC2)N(c2cc(Oc3c(F)cc(C(F)(F)F)cc3F)c(Br)cc2F)C(N)=N1. The van der Waals surface area contributed by atoms with Crippen LogP contribution in [-0.4, -0.2) is 17.6 Å². The number of benzene rings is 2. The smallest absolute Gasteiger partial charge is 0.416 e. The third-order valence-corrected chi connectivity index (χ3v) is 6.25. The van der Waals surface area contributed by atoms with Gasteiger partial charge in [0.25, 0.3) is 0 Å². The lowest BCUT2D eigenvalue weighted by molar-refractivity contribution is -0.138. The average molecular weight is 550 g/mol. The Hall–Kier alpha value is -2.96. The van der Waals surface area contributed by atoms with E-state index in [0.717, 1.165) is 31.4 Å². The van der Waals surface area contributed by atoms with Crippen molar-refractivity contribution in [2.24, 2.45) is 21.5 Å². The standard InChI is InChI=1S/C21H18BrF6N5O/c22-11-8-12(23)15(33-19(30)31-18(29)32-20(33)4-2-1-3-5-20)9-16(11)34-17-13(24)6-10(7-14(17)25)21(26,27)28/h6-9H,1-5H2,(H4,29,30,31,32). The summed E-state index contributed by atoms with van der Waals surface area (Å²) in [6.45, 7) is 0. The van der Waals surface area contributed by atoms with Gasteiger partial charge in [-0.3, -0.25) is 4.90 Å². The third-order valence-electron chi connectivity index (χ3n) is 5.63. The number of alkyl halides is 3. The molecule has 0 atom stereocenters. The predicted molar refractivity (Wildman–Crippen MR) is 117 cm³/mol. The summed E-state index contributed by atoms with van der Waals surface area (Å²) in [5.41, 5.74) is 9.23. The lowest BCUT2D eigenvalue weighted by Gasteiger charge is -2.45. The molecule has 2 aromatic carbocycles. The summed E-state index contributed by atoms with van der Waals surface area (Å²) in [4.78, 5) is 9.71. The highest BCUT2D eigenvalue weighted by Gasteiger charge is 2.44. The van der Waals surface area contributed by atoms with E-state index in [1.54, 1.807) is 0 Å². The summed E-state index contributed by atoms with van der Waals surface area (Å²) in [6, 6.07) is 2.32. The maximum absolute atomic E-state index is 15.1. The van der Waals surface area contributed by atoms with Gasteiger partial charge in [0.05, 0.1) is 15.7 Å². The number of nitrogens with zero attached hydrogens (tertiary/aromatic N) is 3. The molecule has 0 saturated heterocycles. The monoisotopic (exact) mass is 549 g/mol. The first kappa shape index (κ1) is 24.2. The molecule has 4 N–H and O–H groups in total. The number of aliphatic imine (C=N–C) groups is 2. The summed E-state index contributed by atoms with van der Waals surface area (Å²) in [5, 5.41) is 0. The van der Waals surface area contributed by atoms with E-state index in [1.807, 2.05) is 0 Å². The lowest BCUT2D eigenvalue weighted by Crippen LogP contribution is -2.58. The average Bonchev–Trinajstić information content (AvgIpc) is 2.72. The second kappa shape index (κ2) is 8.67. The van der Waals surface area contributed by atoms with Crippen molar-refractivity contribution in [2.75, 3.05) is 4.90 Å². The Bertz CT molecular complexity index is 1170. The van der Waals surface area contributed by atoms with Crippen LogP contribution in [0.15, 0.2) is 38.7 Å². The molecule has 6 nitrogen and oxygen atoms in total. The van der Waals surface area contributed by atoms with Gasteiger partial charge in [-0.25, -0.2) is 18.2 Å². The number of guanidine groups is 2. The number of anilines is 1. The van der Waals surface area contributed by atoms with Gasteiger partial charge in [0.2, 0.25) is 11.9 Å². The zero-order valence-corrected chi connectivity index (χ0v) is 19.0. The van der Waals surface area contributed by atoms with Crippen molar-refractivity contribution in [2.45, 2.75) is 43.9 Å². The van der Waals surface area contributed by atoms with Crippen LogP contribution in [0.4, 0.5) is 32.0 Å². The minimum atomic E-state index is -4.95. The molecule has 1 heterocycles.